The van der Waals surface area contributed by atoms with Crippen molar-refractivity contribution in [2.24, 2.45) is 5.10 Å². The zero-order chi connectivity index (χ0) is 26.7. The minimum Gasteiger partial charge on any atom is -0.462 e. The fourth-order valence-corrected chi connectivity index (χ4v) is 2.59. The first kappa shape index (κ1) is 28.4. The van der Waals surface area contributed by atoms with Crippen LogP contribution in [0.3, 0.4) is 0 Å². The first-order chi connectivity index (χ1) is 16.3. The monoisotopic (exact) mass is 498 g/mol. The summed E-state index contributed by atoms with van der Waals surface area (Å²) < 4.78 is 20.1. The average molecular weight is 498 g/mol. The fraction of sp³-hybridized carbons (Fsp3) is 0.421. The number of nitro benzene ring substituents is 2. The summed E-state index contributed by atoms with van der Waals surface area (Å²) in [4.78, 5) is 66.5. The molecule has 0 aliphatic heterocycles. The molecule has 35 heavy (non-hydrogen) atoms. The van der Waals surface area contributed by atoms with Crippen LogP contribution in [0.15, 0.2) is 23.3 Å². The molecule has 0 aliphatic carbocycles. The molecule has 1 rings (SSSR count). The van der Waals surface area contributed by atoms with Gasteiger partial charge < -0.3 is 18.9 Å². The van der Waals surface area contributed by atoms with Crippen molar-refractivity contribution in [2.45, 2.75) is 46.0 Å². The molecule has 0 radical (unpaired) electrons. The molecule has 0 saturated heterocycles. The van der Waals surface area contributed by atoms with Gasteiger partial charge in [-0.25, -0.2) is 0 Å². The topological polar surface area (TPSA) is 216 Å². The van der Waals surface area contributed by atoms with Crippen LogP contribution in [0.1, 0.15) is 27.7 Å². The molecule has 3 atom stereocenters. The predicted molar refractivity (Wildman–Crippen MR) is 115 cm³/mol. The highest BCUT2D eigenvalue weighted by molar-refractivity contribution is 5.75. The van der Waals surface area contributed by atoms with E-state index < -0.39 is 70.0 Å². The van der Waals surface area contributed by atoms with Gasteiger partial charge in [0.2, 0.25) is 0 Å². The number of nitrogens with zero attached hydrogens (tertiary/aromatic N) is 3. The van der Waals surface area contributed by atoms with Gasteiger partial charge in [-0.05, 0) is 6.07 Å². The second-order valence-corrected chi connectivity index (χ2v) is 6.70. The highest BCUT2D eigenvalue weighted by Crippen LogP contribution is 2.29. The van der Waals surface area contributed by atoms with E-state index in [1.165, 1.54) is 0 Å². The van der Waals surface area contributed by atoms with Crippen LogP contribution < -0.4 is 5.43 Å². The maximum atomic E-state index is 11.7. The molecule has 0 spiro atoms. The normalized spacial score (nSPS) is 13.1. The molecule has 1 N–H and O–H groups in total. The number of nitro groups is 2. The van der Waals surface area contributed by atoms with E-state index in [-0.39, 0.29) is 5.69 Å². The number of carbonyl (C=O) groups excluding carboxylic acids is 4. The van der Waals surface area contributed by atoms with Crippen molar-refractivity contribution >= 4 is 47.2 Å². The van der Waals surface area contributed by atoms with Crippen molar-refractivity contribution in [1.82, 2.24) is 0 Å². The summed E-state index contributed by atoms with van der Waals surface area (Å²) in [7, 11) is 0. The van der Waals surface area contributed by atoms with Gasteiger partial charge in [0, 0.05) is 33.8 Å². The summed E-state index contributed by atoms with van der Waals surface area (Å²) in [5, 5.41) is 25.9. The largest absolute Gasteiger partial charge is 0.462 e. The fourth-order valence-electron chi connectivity index (χ4n) is 2.59. The lowest BCUT2D eigenvalue weighted by molar-refractivity contribution is -0.393. The molecule has 0 amide bonds. The minimum absolute atomic E-state index is 0.251. The lowest BCUT2D eigenvalue weighted by Crippen LogP contribution is -2.48. The third-order valence-electron chi connectivity index (χ3n) is 3.86. The Morgan fingerprint density at radius 3 is 2.03 bits per heavy atom. The predicted octanol–water partition coefficient (Wildman–Crippen LogP) is 1.26. The number of benzene rings is 1. The van der Waals surface area contributed by atoms with Gasteiger partial charge >= 0.3 is 29.6 Å². The molecule has 0 fully saturated rings. The van der Waals surface area contributed by atoms with Gasteiger partial charge in [0.05, 0.1) is 22.1 Å². The Bertz CT molecular complexity index is 1030. The quantitative estimate of drug-likeness (QED) is 0.141. The van der Waals surface area contributed by atoms with Crippen LogP contribution >= 0.6 is 0 Å². The zero-order valence-corrected chi connectivity index (χ0v) is 19.0. The maximum absolute atomic E-state index is 11.7. The molecular weight excluding hydrogens is 476 g/mol. The molecule has 16 nitrogen and oxygen atoms in total. The lowest BCUT2D eigenvalue weighted by atomic mass is 10.1. The van der Waals surface area contributed by atoms with Crippen LogP contribution in [0.2, 0.25) is 0 Å². The standard InChI is InChI=1S/C19H22N4O12/c1-10(24)32-9-18(34-12(3)26)19(35-13(4)27)17(33-11(2)25)8-20-21-15-6-5-14(22(28)29)7-16(15)23(30)31/h5-8,17-19,21H,9H2,1-4H3/b20-8+/t17-,18-,19+/m0/s1. The molecule has 1 aromatic carbocycles. The van der Waals surface area contributed by atoms with E-state index in [0.29, 0.717) is 6.07 Å². The van der Waals surface area contributed by atoms with Crippen LogP contribution in [0.4, 0.5) is 17.1 Å². The van der Waals surface area contributed by atoms with Gasteiger partial charge in [-0.1, -0.05) is 0 Å². The van der Waals surface area contributed by atoms with E-state index in [1.54, 1.807) is 0 Å². The molecular formula is C19H22N4O12. The summed E-state index contributed by atoms with van der Waals surface area (Å²) in [5.74, 6) is -3.32. The van der Waals surface area contributed by atoms with Crippen molar-refractivity contribution in [3.63, 3.8) is 0 Å². The van der Waals surface area contributed by atoms with Crippen molar-refractivity contribution in [3.8, 4) is 0 Å². The summed E-state index contributed by atoms with van der Waals surface area (Å²) in [6, 6.07) is 2.73. The van der Waals surface area contributed by atoms with Gasteiger partial charge in [-0.15, -0.1) is 0 Å². The van der Waals surface area contributed by atoms with Gasteiger partial charge in [0.1, 0.15) is 12.3 Å². The molecule has 1 aromatic rings. The molecule has 0 saturated carbocycles. The summed E-state index contributed by atoms with van der Waals surface area (Å²) in [6.07, 6.45) is -3.62. The zero-order valence-electron chi connectivity index (χ0n) is 19.0. The Kier molecular flexibility index (Phi) is 10.7. The van der Waals surface area contributed by atoms with Crippen molar-refractivity contribution in [2.75, 3.05) is 12.0 Å². The smallest absolute Gasteiger partial charge is 0.303 e. The molecule has 0 heterocycles. The minimum atomic E-state index is -1.54. The van der Waals surface area contributed by atoms with E-state index in [0.717, 1.165) is 46.0 Å². The van der Waals surface area contributed by atoms with E-state index >= 15 is 0 Å². The number of hydrogen-bond donors (Lipinski definition) is 1. The van der Waals surface area contributed by atoms with Crippen LogP contribution in [-0.2, 0) is 38.1 Å². The second kappa shape index (κ2) is 13.2. The Morgan fingerprint density at radius 2 is 1.54 bits per heavy atom. The summed E-state index contributed by atoms with van der Waals surface area (Å²) in [6.45, 7) is 3.59. The van der Waals surface area contributed by atoms with Gasteiger partial charge in [-0.3, -0.25) is 44.8 Å². The number of non-ortho nitro benzene ring substituents is 1. The van der Waals surface area contributed by atoms with Crippen molar-refractivity contribution in [3.05, 3.63) is 38.4 Å². The van der Waals surface area contributed by atoms with E-state index in [4.69, 9.17) is 18.9 Å². The van der Waals surface area contributed by atoms with Gasteiger partial charge in [-0.2, -0.15) is 5.10 Å². The third-order valence-corrected chi connectivity index (χ3v) is 3.86. The average Bonchev–Trinajstić information content (AvgIpc) is 2.73. The first-order valence-corrected chi connectivity index (χ1v) is 9.68. The number of anilines is 1. The molecule has 16 heteroatoms. The summed E-state index contributed by atoms with van der Waals surface area (Å²) >= 11 is 0. The molecule has 0 aromatic heterocycles. The van der Waals surface area contributed by atoms with Crippen LogP contribution in [0.5, 0.6) is 0 Å². The lowest BCUT2D eigenvalue weighted by Gasteiger charge is -2.29. The van der Waals surface area contributed by atoms with Crippen molar-refractivity contribution in [1.29, 1.82) is 0 Å². The van der Waals surface area contributed by atoms with Crippen LogP contribution in [0, 0.1) is 20.2 Å². The molecule has 0 unspecified atom stereocenters. The number of hydrazone groups is 1. The molecule has 190 valence electrons. The Morgan fingerprint density at radius 1 is 0.943 bits per heavy atom. The molecule has 0 bridgehead atoms. The number of nitrogens with one attached hydrogen (secondary N) is 1. The van der Waals surface area contributed by atoms with Crippen LogP contribution in [-0.4, -0.2) is 64.9 Å². The van der Waals surface area contributed by atoms with E-state index in [1.807, 2.05) is 0 Å². The number of rotatable bonds is 12. The highest BCUT2D eigenvalue weighted by Gasteiger charge is 2.37. The maximum Gasteiger partial charge on any atom is 0.303 e. The van der Waals surface area contributed by atoms with Gasteiger partial charge in [0.25, 0.3) is 5.69 Å². The molecule has 0 aliphatic rings. The number of hydrogen-bond acceptors (Lipinski definition) is 14. The Balaban J connectivity index is 3.33. The Labute approximate surface area is 197 Å². The third kappa shape index (κ3) is 9.80. The number of esters is 4. The van der Waals surface area contributed by atoms with Crippen LogP contribution in [0.25, 0.3) is 0 Å². The second-order valence-electron chi connectivity index (χ2n) is 6.70. The number of ether oxygens (including phenoxy) is 4. The van der Waals surface area contributed by atoms with Crippen molar-refractivity contribution < 1.29 is 48.0 Å². The van der Waals surface area contributed by atoms with E-state index in [9.17, 15) is 39.4 Å². The van der Waals surface area contributed by atoms with E-state index in [2.05, 4.69) is 10.5 Å². The Hall–Kier alpha value is -4.63. The number of carbonyl (C=O) groups is 4. The highest BCUT2D eigenvalue weighted by atomic mass is 16.6. The summed E-state index contributed by atoms with van der Waals surface area (Å²) in [5.41, 5.74) is 0.822. The first-order valence-electron chi connectivity index (χ1n) is 9.68. The van der Waals surface area contributed by atoms with Gasteiger partial charge in [0.15, 0.2) is 18.3 Å². The SMILES string of the molecule is CC(=O)OC[C@H](OC(C)=O)[C@H](OC(C)=O)[C@H](/C=N/Nc1ccc([N+](=O)[O-])cc1[N+](=O)[O-])OC(C)=O.